The molecule has 0 radical (unpaired) electrons. The molecule has 0 spiro atoms. The number of halogens is 2. The van der Waals surface area contributed by atoms with Crippen LogP contribution in [-0.2, 0) is 6.61 Å². The summed E-state index contributed by atoms with van der Waals surface area (Å²) in [4.78, 5) is 12.9. The molecule has 0 aliphatic rings. The number of para-hydroxylation sites is 3. The molecule has 1 N–H and O–H groups in total. The highest BCUT2D eigenvalue weighted by atomic mass is 32.1. The van der Waals surface area contributed by atoms with E-state index in [0.717, 1.165) is 22.4 Å². The van der Waals surface area contributed by atoms with Crippen molar-refractivity contribution in [2.24, 2.45) is 0 Å². The van der Waals surface area contributed by atoms with Gasteiger partial charge >= 0.3 is 6.61 Å². The number of anilines is 1. The standard InChI is InChI=1S/C21H19F2NO3S/c1-13-6-5-7-14(2)19(13)26-11-15-10-18(28-12-15)20(25)24-16-8-3-4-9-17(16)27-21(22)23/h3-10,12,21H,11H2,1-2H3,(H,24,25). The van der Waals surface area contributed by atoms with E-state index in [0.29, 0.717) is 11.5 Å². The Labute approximate surface area is 165 Å². The molecule has 0 bridgehead atoms. The van der Waals surface area contributed by atoms with E-state index in [4.69, 9.17) is 4.74 Å². The van der Waals surface area contributed by atoms with Gasteiger partial charge in [0.1, 0.15) is 18.1 Å². The quantitative estimate of drug-likeness (QED) is 0.543. The largest absolute Gasteiger partial charge is 0.488 e. The van der Waals surface area contributed by atoms with Gasteiger partial charge in [0.15, 0.2) is 0 Å². The van der Waals surface area contributed by atoms with E-state index < -0.39 is 12.5 Å². The van der Waals surface area contributed by atoms with Crippen molar-refractivity contribution in [3.8, 4) is 11.5 Å². The van der Waals surface area contributed by atoms with E-state index in [2.05, 4.69) is 10.1 Å². The van der Waals surface area contributed by atoms with Gasteiger partial charge in [0.2, 0.25) is 0 Å². The Balaban J connectivity index is 1.66. The molecular weight excluding hydrogens is 384 g/mol. The number of hydrogen-bond acceptors (Lipinski definition) is 4. The van der Waals surface area contributed by atoms with Crippen LogP contribution in [0.4, 0.5) is 14.5 Å². The van der Waals surface area contributed by atoms with E-state index in [1.807, 2.05) is 37.4 Å². The number of benzene rings is 2. The zero-order valence-corrected chi connectivity index (χ0v) is 16.2. The average Bonchev–Trinajstić information content (AvgIpc) is 3.12. The van der Waals surface area contributed by atoms with Crippen molar-refractivity contribution in [1.29, 1.82) is 0 Å². The predicted molar refractivity (Wildman–Crippen MR) is 106 cm³/mol. The summed E-state index contributed by atoms with van der Waals surface area (Å²) in [5.41, 5.74) is 3.14. The summed E-state index contributed by atoms with van der Waals surface area (Å²) in [6.45, 7) is 1.33. The maximum Gasteiger partial charge on any atom is 0.387 e. The molecule has 3 rings (SSSR count). The minimum atomic E-state index is -2.96. The first kappa shape index (κ1) is 19.8. The Kier molecular flexibility index (Phi) is 6.26. The van der Waals surface area contributed by atoms with E-state index in [1.165, 1.54) is 23.5 Å². The summed E-state index contributed by atoms with van der Waals surface area (Å²) in [5, 5.41) is 4.45. The molecule has 3 aromatic rings. The van der Waals surface area contributed by atoms with Crippen molar-refractivity contribution in [3.63, 3.8) is 0 Å². The van der Waals surface area contributed by atoms with Crippen LogP contribution in [-0.4, -0.2) is 12.5 Å². The van der Waals surface area contributed by atoms with Crippen LogP contribution in [0.2, 0.25) is 0 Å². The lowest BCUT2D eigenvalue weighted by Gasteiger charge is -2.11. The Bertz CT molecular complexity index is 952. The fourth-order valence-electron chi connectivity index (χ4n) is 2.71. The molecule has 0 aliphatic heterocycles. The average molecular weight is 403 g/mol. The van der Waals surface area contributed by atoms with Crippen LogP contribution in [0, 0.1) is 13.8 Å². The van der Waals surface area contributed by atoms with Gasteiger partial charge in [-0.3, -0.25) is 4.79 Å². The Hall–Kier alpha value is -2.93. The molecule has 0 fully saturated rings. The van der Waals surface area contributed by atoms with E-state index in [1.54, 1.807) is 18.2 Å². The molecule has 1 heterocycles. The molecular formula is C21H19F2NO3S. The van der Waals surface area contributed by atoms with Crippen molar-refractivity contribution in [2.45, 2.75) is 27.1 Å². The molecule has 7 heteroatoms. The highest BCUT2D eigenvalue weighted by Gasteiger charge is 2.15. The second kappa shape index (κ2) is 8.84. The number of hydrogen-bond donors (Lipinski definition) is 1. The summed E-state index contributed by atoms with van der Waals surface area (Å²) >= 11 is 1.26. The maximum atomic E-state index is 12.5. The number of rotatable bonds is 7. The number of alkyl halides is 2. The summed E-state index contributed by atoms with van der Waals surface area (Å²) < 4.78 is 35.3. The number of aryl methyl sites for hydroxylation is 2. The summed E-state index contributed by atoms with van der Waals surface area (Å²) in [7, 11) is 0. The molecule has 146 valence electrons. The van der Waals surface area contributed by atoms with Gasteiger partial charge in [-0.1, -0.05) is 30.3 Å². The summed E-state index contributed by atoms with van der Waals surface area (Å²) in [5.74, 6) is 0.354. The monoisotopic (exact) mass is 403 g/mol. The van der Waals surface area contributed by atoms with Crippen molar-refractivity contribution < 1.29 is 23.0 Å². The van der Waals surface area contributed by atoms with Crippen LogP contribution in [0.25, 0.3) is 0 Å². The Morgan fingerprint density at radius 2 is 1.82 bits per heavy atom. The second-order valence-corrected chi connectivity index (χ2v) is 7.07. The van der Waals surface area contributed by atoms with Crippen LogP contribution in [0.15, 0.2) is 53.9 Å². The van der Waals surface area contributed by atoms with Crippen LogP contribution >= 0.6 is 11.3 Å². The van der Waals surface area contributed by atoms with Crippen LogP contribution in [0.3, 0.4) is 0 Å². The number of nitrogens with one attached hydrogen (secondary N) is 1. The lowest BCUT2D eigenvalue weighted by atomic mass is 10.1. The first-order chi connectivity index (χ1) is 13.4. The smallest absolute Gasteiger partial charge is 0.387 e. The molecule has 4 nitrogen and oxygen atoms in total. The van der Waals surface area contributed by atoms with Gasteiger partial charge in [0.05, 0.1) is 10.6 Å². The predicted octanol–water partition coefficient (Wildman–Crippen LogP) is 5.80. The molecule has 0 aliphatic carbocycles. The van der Waals surface area contributed by atoms with Crippen molar-refractivity contribution in [3.05, 3.63) is 75.5 Å². The van der Waals surface area contributed by atoms with Gasteiger partial charge in [-0.15, -0.1) is 11.3 Å². The zero-order valence-electron chi connectivity index (χ0n) is 15.4. The molecule has 1 amide bonds. The molecule has 0 unspecified atom stereocenters. The molecule has 2 aromatic carbocycles. The van der Waals surface area contributed by atoms with E-state index >= 15 is 0 Å². The molecule has 0 saturated heterocycles. The number of carbonyl (C=O) groups excluding carboxylic acids is 1. The van der Waals surface area contributed by atoms with Gasteiger partial charge in [-0.25, -0.2) is 0 Å². The lowest BCUT2D eigenvalue weighted by Crippen LogP contribution is -2.12. The van der Waals surface area contributed by atoms with Gasteiger partial charge in [-0.05, 0) is 48.6 Å². The van der Waals surface area contributed by atoms with Gasteiger partial charge < -0.3 is 14.8 Å². The number of carbonyl (C=O) groups is 1. The van der Waals surface area contributed by atoms with Crippen LogP contribution in [0.5, 0.6) is 11.5 Å². The van der Waals surface area contributed by atoms with Crippen molar-refractivity contribution in [2.75, 3.05) is 5.32 Å². The third-order valence-corrected chi connectivity index (χ3v) is 5.00. The highest BCUT2D eigenvalue weighted by Crippen LogP contribution is 2.28. The molecule has 0 atom stereocenters. The second-order valence-electron chi connectivity index (χ2n) is 6.16. The van der Waals surface area contributed by atoms with Crippen LogP contribution in [0.1, 0.15) is 26.4 Å². The fraction of sp³-hybridized carbons (Fsp3) is 0.190. The Morgan fingerprint density at radius 3 is 2.54 bits per heavy atom. The van der Waals surface area contributed by atoms with E-state index in [9.17, 15) is 13.6 Å². The minimum Gasteiger partial charge on any atom is -0.488 e. The third-order valence-electron chi connectivity index (χ3n) is 4.02. The number of thiophene rings is 1. The molecule has 1 aromatic heterocycles. The third kappa shape index (κ3) is 4.86. The first-order valence-electron chi connectivity index (χ1n) is 8.55. The highest BCUT2D eigenvalue weighted by molar-refractivity contribution is 7.12. The fourth-order valence-corrected chi connectivity index (χ4v) is 3.50. The van der Waals surface area contributed by atoms with Gasteiger partial charge in [0, 0.05) is 5.56 Å². The van der Waals surface area contributed by atoms with Crippen LogP contribution < -0.4 is 14.8 Å². The minimum absolute atomic E-state index is 0.0824. The summed E-state index contributed by atoms with van der Waals surface area (Å²) in [6, 6.07) is 13.7. The number of amides is 1. The normalized spacial score (nSPS) is 10.8. The SMILES string of the molecule is Cc1cccc(C)c1OCc1csc(C(=O)Nc2ccccc2OC(F)F)c1. The van der Waals surface area contributed by atoms with Gasteiger partial charge in [0.25, 0.3) is 5.91 Å². The molecule has 28 heavy (non-hydrogen) atoms. The number of ether oxygens (including phenoxy) is 2. The first-order valence-corrected chi connectivity index (χ1v) is 9.43. The lowest BCUT2D eigenvalue weighted by molar-refractivity contribution is -0.0493. The van der Waals surface area contributed by atoms with E-state index in [-0.39, 0.29) is 11.4 Å². The topological polar surface area (TPSA) is 47.6 Å². The maximum absolute atomic E-state index is 12.5. The van der Waals surface area contributed by atoms with Gasteiger partial charge in [-0.2, -0.15) is 8.78 Å². The van der Waals surface area contributed by atoms with Crippen molar-refractivity contribution >= 4 is 22.9 Å². The zero-order chi connectivity index (χ0) is 20.1. The van der Waals surface area contributed by atoms with Crippen molar-refractivity contribution in [1.82, 2.24) is 0 Å². The summed E-state index contributed by atoms with van der Waals surface area (Å²) in [6.07, 6.45) is 0. The Morgan fingerprint density at radius 1 is 1.11 bits per heavy atom. The molecule has 0 saturated carbocycles.